The summed E-state index contributed by atoms with van der Waals surface area (Å²) in [6.45, 7) is 4.30. The fraction of sp³-hybridized carbons (Fsp3) is 0.211. The molecule has 0 aliphatic heterocycles. The quantitative estimate of drug-likeness (QED) is 0.530. The standard InChI is InChI=1S/C19H20N4O4S2/c1-3-27-16-7-5-4-6-15(16)12-20-29(25,26)19-23-22-18(28-19)21-17(24)14-10-8-13(2)9-11-14/h4-11,20H,3,12H2,1-2H3,(H,21,22,24). The lowest BCUT2D eigenvalue weighted by atomic mass is 10.1. The van der Waals surface area contributed by atoms with Crippen LogP contribution in [0.4, 0.5) is 5.13 Å². The lowest BCUT2D eigenvalue weighted by Gasteiger charge is -2.10. The summed E-state index contributed by atoms with van der Waals surface area (Å²) >= 11 is 0.780. The van der Waals surface area contributed by atoms with Crippen LogP contribution in [-0.2, 0) is 16.6 Å². The Kier molecular flexibility index (Phi) is 6.57. The number of rotatable bonds is 8. The molecule has 1 aromatic heterocycles. The van der Waals surface area contributed by atoms with Crippen molar-refractivity contribution in [1.29, 1.82) is 0 Å². The van der Waals surface area contributed by atoms with Gasteiger partial charge in [0.25, 0.3) is 15.9 Å². The molecule has 2 N–H and O–H groups in total. The minimum absolute atomic E-state index is 0.0448. The number of benzene rings is 2. The molecule has 152 valence electrons. The van der Waals surface area contributed by atoms with E-state index in [1.165, 1.54) is 0 Å². The zero-order valence-electron chi connectivity index (χ0n) is 15.9. The van der Waals surface area contributed by atoms with Gasteiger partial charge in [-0.25, -0.2) is 13.1 Å². The van der Waals surface area contributed by atoms with Crippen LogP contribution in [-0.4, -0.2) is 31.1 Å². The van der Waals surface area contributed by atoms with Crippen LogP contribution in [0.5, 0.6) is 5.75 Å². The molecule has 2 aromatic carbocycles. The second-order valence-corrected chi connectivity index (χ2v) is 8.98. The molecule has 29 heavy (non-hydrogen) atoms. The van der Waals surface area contributed by atoms with Gasteiger partial charge in [-0.05, 0) is 32.0 Å². The summed E-state index contributed by atoms with van der Waals surface area (Å²) in [6.07, 6.45) is 0. The van der Waals surface area contributed by atoms with Crippen molar-refractivity contribution in [2.45, 2.75) is 24.7 Å². The van der Waals surface area contributed by atoms with E-state index >= 15 is 0 Å². The van der Waals surface area contributed by atoms with Gasteiger partial charge in [-0.3, -0.25) is 10.1 Å². The van der Waals surface area contributed by atoms with E-state index in [1.54, 1.807) is 30.3 Å². The highest BCUT2D eigenvalue weighted by molar-refractivity contribution is 7.91. The van der Waals surface area contributed by atoms with Crippen LogP contribution in [0.25, 0.3) is 0 Å². The predicted octanol–water partition coefficient (Wildman–Crippen LogP) is 2.98. The summed E-state index contributed by atoms with van der Waals surface area (Å²) in [5, 5.41) is 10.1. The maximum absolute atomic E-state index is 12.5. The summed E-state index contributed by atoms with van der Waals surface area (Å²) in [6, 6.07) is 14.2. The number of carbonyl (C=O) groups is 1. The first-order valence-corrected chi connectivity index (χ1v) is 11.1. The molecule has 0 atom stereocenters. The molecule has 0 saturated heterocycles. The Bertz CT molecular complexity index is 1100. The molecule has 3 rings (SSSR count). The van der Waals surface area contributed by atoms with Gasteiger partial charge in [0.15, 0.2) is 0 Å². The third-order valence-corrected chi connectivity index (χ3v) is 6.50. The largest absolute Gasteiger partial charge is 0.494 e. The van der Waals surface area contributed by atoms with E-state index in [0.29, 0.717) is 23.5 Å². The normalized spacial score (nSPS) is 11.2. The van der Waals surface area contributed by atoms with Crippen molar-refractivity contribution in [1.82, 2.24) is 14.9 Å². The highest BCUT2D eigenvalue weighted by Crippen LogP contribution is 2.22. The molecular weight excluding hydrogens is 412 g/mol. The van der Waals surface area contributed by atoms with Crippen LogP contribution in [0.1, 0.15) is 28.4 Å². The first-order valence-electron chi connectivity index (χ1n) is 8.81. The van der Waals surface area contributed by atoms with Gasteiger partial charge in [-0.2, -0.15) is 0 Å². The van der Waals surface area contributed by atoms with E-state index in [1.807, 2.05) is 32.0 Å². The van der Waals surface area contributed by atoms with Gasteiger partial charge in [-0.15, -0.1) is 10.2 Å². The molecule has 1 amide bonds. The number of amides is 1. The number of anilines is 1. The van der Waals surface area contributed by atoms with Crippen molar-refractivity contribution in [2.24, 2.45) is 0 Å². The molecule has 0 bridgehead atoms. The van der Waals surface area contributed by atoms with Gasteiger partial charge < -0.3 is 4.74 Å². The molecule has 1 heterocycles. The third kappa shape index (κ3) is 5.37. The van der Waals surface area contributed by atoms with Gasteiger partial charge in [0.05, 0.1) is 6.61 Å². The topological polar surface area (TPSA) is 110 Å². The van der Waals surface area contributed by atoms with Crippen molar-refractivity contribution < 1.29 is 17.9 Å². The van der Waals surface area contributed by atoms with Crippen LogP contribution in [0.2, 0.25) is 0 Å². The van der Waals surface area contributed by atoms with Crippen molar-refractivity contribution in [3.8, 4) is 5.75 Å². The van der Waals surface area contributed by atoms with E-state index in [2.05, 4.69) is 20.2 Å². The van der Waals surface area contributed by atoms with Crippen molar-refractivity contribution >= 4 is 32.4 Å². The Hall–Kier alpha value is -2.82. The predicted molar refractivity (Wildman–Crippen MR) is 111 cm³/mol. The number of carbonyl (C=O) groups excluding carboxylic acids is 1. The fourth-order valence-electron chi connectivity index (χ4n) is 2.42. The number of sulfonamides is 1. The average molecular weight is 433 g/mol. The Morgan fingerprint density at radius 3 is 2.55 bits per heavy atom. The van der Waals surface area contributed by atoms with Gasteiger partial charge in [0.2, 0.25) is 9.47 Å². The number of nitrogens with zero attached hydrogens (tertiary/aromatic N) is 2. The van der Waals surface area contributed by atoms with E-state index in [0.717, 1.165) is 16.9 Å². The highest BCUT2D eigenvalue weighted by atomic mass is 32.2. The number of hydrogen-bond acceptors (Lipinski definition) is 7. The lowest BCUT2D eigenvalue weighted by molar-refractivity contribution is 0.102. The van der Waals surface area contributed by atoms with Gasteiger partial charge >= 0.3 is 0 Å². The number of para-hydroxylation sites is 1. The summed E-state index contributed by atoms with van der Waals surface area (Å²) in [5.41, 5.74) is 2.18. The van der Waals surface area contributed by atoms with Crippen molar-refractivity contribution in [3.05, 3.63) is 65.2 Å². The number of hydrogen-bond donors (Lipinski definition) is 2. The van der Waals surface area contributed by atoms with E-state index in [-0.39, 0.29) is 21.9 Å². The van der Waals surface area contributed by atoms with Crippen LogP contribution in [0, 0.1) is 6.92 Å². The minimum Gasteiger partial charge on any atom is -0.494 e. The zero-order valence-corrected chi connectivity index (χ0v) is 17.5. The molecule has 0 spiro atoms. The Morgan fingerprint density at radius 1 is 1.10 bits per heavy atom. The van der Waals surface area contributed by atoms with Crippen molar-refractivity contribution in [2.75, 3.05) is 11.9 Å². The summed E-state index contributed by atoms with van der Waals surface area (Å²) < 4.78 is 32.8. The second kappa shape index (κ2) is 9.12. The summed E-state index contributed by atoms with van der Waals surface area (Å²) in [7, 11) is -3.89. The van der Waals surface area contributed by atoms with E-state index in [4.69, 9.17) is 4.74 Å². The lowest BCUT2D eigenvalue weighted by Crippen LogP contribution is -2.23. The Labute approximate surface area is 173 Å². The molecule has 10 heteroatoms. The molecule has 0 aliphatic carbocycles. The van der Waals surface area contributed by atoms with Gasteiger partial charge in [-0.1, -0.05) is 47.2 Å². The smallest absolute Gasteiger partial charge is 0.270 e. The summed E-state index contributed by atoms with van der Waals surface area (Å²) in [4.78, 5) is 12.2. The van der Waals surface area contributed by atoms with E-state index in [9.17, 15) is 13.2 Å². The fourth-order valence-corrected chi connectivity index (χ4v) is 4.37. The summed E-state index contributed by atoms with van der Waals surface area (Å²) in [5.74, 6) is 0.227. The SMILES string of the molecule is CCOc1ccccc1CNS(=O)(=O)c1nnc(NC(=O)c2ccc(C)cc2)s1. The number of aryl methyl sites for hydroxylation is 1. The third-order valence-electron chi connectivity index (χ3n) is 3.90. The van der Waals surface area contributed by atoms with Gasteiger partial charge in [0, 0.05) is 17.7 Å². The molecule has 0 aliphatic rings. The minimum atomic E-state index is -3.89. The van der Waals surface area contributed by atoms with Crippen LogP contribution < -0.4 is 14.8 Å². The molecular formula is C19H20N4O4S2. The molecule has 3 aromatic rings. The molecule has 0 fully saturated rings. The van der Waals surface area contributed by atoms with E-state index < -0.39 is 10.0 Å². The van der Waals surface area contributed by atoms with Gasteiger partial charge in [0.1, 0.15) is 5.75 Å². The zero-order chi connectivity index (χ0) is 20.9. The molecule has 8 nitrogen and oxygen atoms in total. The first kappa shape index (κ1) is 20.9. The molecule has 0 saturated carbocycles. The Balaban J connectivity index is 1.67. The maximum Gasteiger partial charge on any atom is 0.270 e. The highest BCUT2D eigenvalue weighted by Gasteiger charge is 2.21. The van der Waals surface area contributed by atoms with Crippen LogP contribution in [0.3, 0.4) is 0 Å². The van der Waals surface area contributed by atoms with Crippen LogP contribution >= 0.6 is 11.3 Å². The average Bonchev–Trinajstić information content (AvgIpc) is 3.17. The second-order valence-electron chi connectivity index (χ2n) is 6.06. The maximum atomic E-state index is 12.5. The number of ether oxygens (including phenoxy) is 1. The first-order chi connectivity index (χ1) is 13.9. The Morgan fingerprint density at radius 2 is 1.83 bits per heavy atom. The number of nitrogens with one attached hydrogen (secondary N) is 2. The number of aromatic nitrogens is 2. The molecule has 0 unspecified atom stereocenters. The monoisotopic (exact) mass is 432 g/mol. The van der Waals surface area contributed by atoms with Crippen molar-refractivity contribution in [3.63, 3.8) is 0 Å². The van der Waals surface area contributed by atoms with Crippen LogP contribution in [0.15, 0.2) is 52.9 Å². The molecule has 0 radical (unpaired) electrons.